The third kappa shape index (κ3) is 4.59. The average molecular weight is 379 g/mol. The minimum Gasteiger partial charge on any atom is -0.339 e. The van der Waals surface area contributed by atoms with E-state index in [2.05, 4.69) is 68.5 Å². The number of H-pyrrole nitrogens is 2. The van der Waals surface area contributed by atoms with E-state index >= 15 is 0 Å². The molecule has 4 nitrogen and oxygen atoms in total. The summed E-state index contributed by atoms with van der Waals surface area (Å²) in [6.07, 6.45) is 5.62. The maximum atomic E-state index is 4.64. The van der Waals surface area contributed by atoms with Crippen LogP contribution in [-0.2, 0) is 12.8 Å². The van der Waals surface area contributed by atoms with Gasteiger partial charge in [0.15, 0.2) is 10.3 Å². The lowest BCUT2D eigenvalue weighted by molar-refractivity contribution is 1.01. The quantitative estimate of drug-likeness (QED) is 0.439. The molecule has 4 aromatic rings. The van der Waals surface area contributed by atoms with Crippen LogP contribution in [0.5, 0.6) is 0 Å². The molecule has 26 heavy (non-hydrogen) atoms. The highest BCUT2D eigenvalue weighted by Gasteiger charge is 2.07. The Morgan fingerprint density at radius 2 is 1.04 bits per heavy atom. The minimum absolute atomic E-state index is 0.838. The molecule has 2 heterocycles. The molecule has 2 aromatic carbocycles. The van der Waals surface area contributed by atoms with Crippen molar-refractivity contribution in [2.24, 2.45) is 0 Å². The molecule has 6 heteroatoms. The number of hydrogen-bond donors (Lipinski definition) is 2. The van der Waals surface area contributed by atoms with Crippen molar-refractivity contribution >= 4 is 21.6 Å². The first-order chi connectivity index (χ1) is 12.8. The standard InChI is InChI=1S/C20H18N4S2/c1-3-7-15(8-4-1)11-17-13-21-19(23-17)25-26-20-22-14-18(24-20)12-16-9-5-2-6-10-16/h1-10,13-14H,11-12H2,(H,21,23)(H,22,24). The predicted octanol–water partition coefficient (Wildman–Crippen LogP) is 5.11. The molecule has 0 unspecified atom stereocenters. The Morgan fingerprint density at radius 1 is 0.615 bits per heavy atom. The van der Waals surface area contributed by atoms with Crippen molar-refractivity contribution in [2.45, 2.75) is 23.2 Å². The van der Waals surface area contributed by atoms with Crippen molar-refractivity contribution in [3.8, 4) is 0 Å². The van der Waals surface area contributed by atoms with Crippen molar-refractivity contribution in [1.29, 1.82) is 0 Å². The van der Waals surface area contributed by atoms with Crippen LogP contribution in [0.25, 0.3) is 0 Å². The summed E-state index contributed by atoms with van der Waals surface area (Å²) in [5, 5.41) is 1.78. The summed E-state index contributed by atoms with van der Waals surface area (Å²) in [5.74, 6) is 0. The fourth-order valence-corrected chi connectivity index (χ4v) is 4.30. The topological polar surface area (TPSA) is 57.4 Å². The van der Waals surface area contributed by atoms with Gasteiger partial charge in [-0.1, -0.05) is 60.7 Å². The number of aromatic amines is 2. The summed E-state index contributed by atoms with van der Waals surface area (Å²) < 4.78 is 0. The Morgan fingerprint density at radius 3 is 1.46 bits per heavy atom. The molecule has 0 fully saturated rings. The van der Waals surface area contributed by atoms with Crippen LogP contribution in [0.2, 0.25) is 0 Å². The number of hydrogen-bond acceptors (Lipinski definition) is 4. The van der Waals surface area contributed by atoms with E-state index in [0.717, 1.165) is 34.5 Å². The highest BCUT2D eigenvalue weighted by Crippen LogP contribution is 2.34. The normalized spacial score (nSPS) is 10.9. The molecule has 4 rings (SSSR count). The summed E-state index contributed by atoms with van der Waals surface area (Å²) in [5.41, 5.74) is 4.62. The molecule has 0 saturated heterocycles. The molecule has 0 atom stereocenters. The Balaban J connectivity index is 1.32. The summed E-state index contributed by atoms with van der Waals surface area (Å²) >= 11 is 0. The fourth-order valence-electron chi connectivity index (χ4n) is 2.64. The Bertz CT molecular complexity index is 868. The average Bonchev–Trinajstić information content (AvgIpc) is 3.31. The van der Waals surface area contributed by atoms with E-state index in [4.69, 9.17) is 0 Å². The number of aromatic nitrogens is 4. The second kappa shape index (κ2) is 8.29. The van der Waals surface area contributed by atoms with Crippen molar-refractivity contribution in [2.75, 3.05) is 0 Å². The van der Waals surface area contributed by atoms with E-state index in [1.807, 2.05) is 24.5 Å². The molecule has 0 aliphatic rings. The maximum absolute atomic E-state index is 4.64. The molecule has 0 saturated carbocycles. The van der Waals surface area contributed by atoms with Gasteiger partial charge in [0.25, 0.3) is 0 Å². The van der Waals surface area contributed by atoms with Crippen LogP contribution in [0, 0.1) is 0 Å². The largest absolute Gasteiger partial charge is 0.339 e. The number of nitrogens with one attached hydrogen (secondary N) is 2. The highest BCUT2D eigenvalue weighted by atomic mass is 33.1. The lowest BCUT2D eigenvalue weighted by atomic mass is 10.1. The van der Waals surface area contributed by atoms with Gasteiger partial charge in [-0.2, -0.15) is 0 Å². The van der Waals surface area contributed by atoms with E-state index in [0.29, 0.717) is 0 Å². The molecule has 2 N–H and O–H groups in total. The van der Waals surface area contributed by atoms with Crippen molar-refractivity contribution in [3.63, 3.8) is 0 Å². The van der Waals surface area contributed by atoms with Gasteiger partial charge >= 0.3 is 0 Å². The molecule has 0 radical (unpaired) electrons. The second-order valence-corrected chi connectivity index (χ2v) is 7.99. The first-order valence-corrected chi connectivity index (χ1v) is 10.5. The van der Waals surface area contributed by atoms with E-state index in [9.17, 15) is 0 Å². The van der Waals surface area contributed by atoms with E-state index in [1.54, 1.807) is 21.6 Å². The summed E-state index contributed by atoms with van der Waals surface area (Å²) in [6.45, 7) is 0. The van der Waals surface area contributed by atoms with Gasteiger partial charge in [-0.3, -0.25) is 0 Å². The van der Waals surface area contributed by atoms with Gasteiger partial charge in [-0.15, -0.1) is 0 Å². The third-order valence-electron chi connectivity index (χ3n) is 3.87. The fraction of sp³-hybridized carbons (Fsp3) is 0.100. The number of imidazole rings is 2. The molecule has 0 spiro atoms. The van der Waals surface area contributed by atoms with Crippen LogP contribution < -0.4 is 0 Å². The Hall–Kier alpha value is -2.44. The molecule has 0 aliphatic heterocycles. The highest BCUT2D eigenvalue weighted by molar-refractivity contribution is 8.76. The summed E-state index contributed by atoms with van der Waals surface area (Å²) in [4.78, 5) is 15.7. The lowest BCUT2D eigenvalue weighted by Crippen LogP contribution is -1.87. The van der Waals surface area contributed by atoms with Crippen LogP contribution in [0.15, 0.2) is 83.4 Å². The Kier molecular flexibility index (Phi) is 5.42. The first kappa shape index (κ1) is 17.0. The van der Waals surface area contributed by atoms with Gasteiger partial charge in [0.2, 0.25) is 0 Å². The molecular weight excluding hydrogens is 360 g/mol. The number of benzene rings is 2. The summed E-state index contributed by atoms with van der Waals surface area (Å²) in [6, 6.07) is 20.7. The molecule has 130 valence electrons. The molecule has 0 amide bonds. The number of rotatable bonds is 7. The van der Waals surface area contributed by atoms with E-state index in [1.165, 1.54) is 11.1 Å². The van der Waals surface area contributed by atoms with Gasteiger partial charge in [-0.05, 0) is 32.7 Å². The maximum Gasteiger partial charge on any atom is 0.176 e. The molecule has 0 aliphatic carbocycles. The van der Waals surface area contributed by atoms with Crippen molar-refractivity contribution < 1.29 is 0 Å². The molecule has 2 aromatic heterocycles. The van der Waals surface area contributed by atoms with Gasteiger partial charge in [0.1, 0.15) is 0 Å². The van der Waals surface area contributed by atoms with Gasteiger partial charge in [0.05, 0.1) is 11.4 Å². The predicted molar refractivity (Wildman–Crippen MR) is 107 cm³/mol. The van der Waals surface area contributed by atoms with Crippen LogP contribution in [0.4, 0.5) is 0 Å². The first-order valence-electron chi connectivity index (χ1n) is 8.36. The molecular formula is C20H18N4S2. The minimum atomic E-state index is 0.838. The SMILES string of the molecule is c1ccc(Cc2c[nH]c(SSc3nc(Cc4ccccc4)c[nH]3)n2)cc1. The van der Waals surface area contributed by atoms with Crippen LogP contribution in [0.3, 0.4) is 0 Å². The van der Waals surface area contributed by atoms with Gasteiger partial charge in [0, 0.05) is 25.2 Å². The summed E-state index contributed by atoms with van der Waals surface area (Å²) in [7, 11) is 3.16. The second-order valence-electron chi connectivity index (χ2n) is 5.89. The van der Waals surface area contributed by atoms with E-state index in [-0.39, 0.29) is 0 Å². The van der Waals surface area contributed by atoms with Gasteiger partial charge < -0.3 is 9.97 Å². The van der Waals surface area contributed by atoms with Crippen LogP contribution in [-0.4, -0.2) is 19.9 Å². The monoisotopic (exact) mass is 378 g/mol. The van der Waals surface area contributed by atoms with Crippen molar-refractivity contribution in [3.05, 3.63) is 95.6 Å². The van der Waals surface area contributed by atoms with Crippen molar-refractivity contribution in [1.82, 2.24) is 19.9 Å². The smallest absolute Gasteiger partial charge is 0.176 e. The lowest BCUT2D eigenvalue weighted by Gasteiger charge is -1.97. The number of nitrogens with zero attached hydrogens (tertiary/aromatic N) is 2. The van der Waals surface area contributed by atoms with Gasteiger partial charge in [-0.25, -0.2) is 9.97 Å². The van der Waals surface area contributed by atoms with Crippen LogP contribution >= 0.6 is 21.6 Å². The zero-order valence-corrected chi connectivity index (χ0v) is 15.7. The van der Waals surface area contributed by atoms with E-state index < -0.39 is 0 Å². The third-order valence-corrected chi connectivity index (χ3v) is 5.89. The molecule has 0 bridgehead atoms. The Labute approximate surface area is 160 Å². The zero-order chi connectivity index (χ0) is 17.6. The van der Waals surface area contributed by atoms with Crippen LogP contribution in [0.1, 0.15) is 22.5 Å². The zero-order valence-electron chi connectivity index (χ0n) is 14.1.